The van der Waals surface area contributed by atoms with Gasteiger partial charge in [0.15, 0.2) is 0 Å². The zero-order valence-corrected chi connectivity index (χ0v) is 13.9. The maximum atomic E-state index is 2.50. The van der Waals surface area contributed by atoms with Crippen molar-refractivity contribution in [3.05, 3.63) is 0 Å². The van der Waals surface area contributed by atoms with Gasteiger partial charge in [-0.1, -0.05) is 58.5 Å². The van der Waals surface area contributed by atoms with Gasteiger partial charge in [0.05, 0.1) is 0 Å². The van der Waals surface area contributed by atoms with Gasteiger partial charge in [0.1, 0.15) is 0 Å². The van der Waals surface area contributed by atoms with Crippen LogP contribution < -0.4 is 0 Å². The molecule has 0 aromatic rings. The van der Waals surface area contributed by atoms with Crippen molar-refractivity contribution < 1.29 is 0 Å². The maximum absolute atomic E-state index is 2.50. The molecule has 0 radical (unpaired) electrons. The van der Waals surface area contributed by atoms with E-state index >= 15 is 0 Å². The normalized spacial score (nSPS) is 12.1. The third-order valence-electron chi connectivity index (χ3n) is 2.94. The fourth-order valence-corrected chi connectivity index (χ4v) is 7.34. The van der Waals surface area contributed by atoms with Gasteiger partial charge in [-0.15, -0.1) is 17.0 Å². The largest absolute Gasteiger partial charge is 0.361 e. The summed E-state index contributed by atoms with van der Waals surface area (Å²) < 4.78 is 3.34. The third kappa shape index (κ3) is 11.3. The van der Waals surface area contributed by atoms with Crippen molar-refractivity contribution in [2.75, 3.05) is 0 Å². The monoisotopic (exact) mass is 246 g/mol. The Kier molecular flexibility index (Phi) is 15.6. The molecule has 0 aromatic carbocycles. The van der Waals surface area contributed by atoms with Gasteiger partial charge >= 0.3 is 20.4 Å². The van der Waals surface area contributed by atoms with Gasteiger partial charge in [0.2, 0.25) is 0 Å². The topological polar surface area (TPSA) is 0 Å². The molecule has 84 valence electrons. The molecule has 0 aliphatic carbocycles. The van der Waals surface area contributed by atoms with Crippen LogP contribution >= 0.6 is 12.4 Å². The predicted molar refractivity (Wildman–Crippen MR) is 74.8 cm³/mol. The first kappa shape index (κ1) is 17.7. The van der Waals surface area contributed by atoms with Gasteiger partial charge < -0.3 is 0 Å². The van der Waals surface area contributed by atoms with Crippen LogP contribution in [-0.4, -0.2) is 29.2 Å². The fraction of sp³-hybridized carbons (Fsp3) is 1.00. The Morgan fingerprint density at radius 1 is 1.21 bits per heavy atom. The van der Waals surface area contributed by atoms with E-state index in [1.807, 2.05) is 0 Å². The average molecular weight is 247 g/mol. The fourth-order valence-electron chi connectivity index (χ4n) is 1.86. The van der Waals surface area contributed by atoms with Gasteiger partial charge in [-0.05, 0) is 0 Å². The highest BCUT2D eigenvalue weighted by molar-refractivity contribution is 6.67. The molecule has 14 heavy (non-hydrogen) atoms. The quantitative estimate of drug-likeness (QED) is 0.564. The number of unbranched alkanes of at least 4 members (excludes halogenated alkanes) is 1. The van der Waals surface area contributed by atoms with E-state index in [2.05, 4.69) is 26.9 Å². The molecule has 1 atom stereocenters. The second kappa shape index (κ2) is 12.3. The molecule has 3 heteroatoms. The molecule has 0 N–H and O–H groups in total. The van der Waals surface area contributed by atoms with Crippen LogP contribution in [0.15, 0.2) is 0 Å². The smallest absolute Gasteiger partial charge is 0.152 e. The highest BCUT2D eigenvalue weighted by atomic mass is 35.5. The average Bonchev–Trinajstić information content (AvgIpc) is 2.10. The second-order valence-electron chi connectivity index (χ2n) is 4.74. The molecule has 0 fully saturated rings. The molecule has 0 saturated carbocycles. The molecule has 0 aliphatic rings. The van der Waals surface area contributed by atoms with Gasteiger partial charge in [-0.25, -0.2) is 0 Å². The van der Waals surface area contributed by atoms with Gasteiger partial charge in [0, 0.05) is 8.80 Å². The van der Waals surface area contributed by atoms with Crippen molar-refractivity contribution in [3.8, 4) is 0 Å². The highest BCUT2D eigenvalue weighted by Gasteiger charge is 2.08. The molecule has 0 amide bonds. The van der Waals surface area contributed by atoms with E-state index in [1.165, 1.54) is 25.7 Å². The van der Waals surface area contributed by atoms with Gasteiger partial charge in [-0.2, -0.15) is 4.17 Å². The Morgan fingerprint density at radius 3 is 2.29 bits per heavy atom. The third-order valence-corrected chi connectivity index (χ3v) is 10.4. The first-order valence-corrected chi connectivity index (χ1v) is 11.3. The Balaban J connectivity index is 0. The molecule has 1 unspecified atom stereocenters. The summed E-state index contributed by atoms with van der Waals surface area (Å²) in [6.07, 6.45) is 5.80. The number of halogens is 1. The summed E-state index contributed by atoms with van der Waals surface area (Å²) in [5.74, 6) is 1.10. The van der Waals surface area contributed by atoms with Crippen molar-refractivity contribution in [1.82, 2.24) is 0 Å². The minimum absolute atomic E-state index is 0. The first-order valence-electron chi connectivity index (χ1n) is 6.20. The van der Waals surface area contributed by atoms with Crippen LogP contribution in [0.3, 0.4) is 0 Å². The van der Waals surface area contributed by atoms with E-state index in [0.717, 1.165) is 5.92 Å². The number of rotatable bonds is 8. The maximum Gasteiger partial charge on any atom is 0.361 e. The Hall–Kier alpha value is 1.27. The molecule has 0 aliphatic heterocycles. The van der Waals surface area contributed by atoms with E-state index in [0.29, 0.717) is 20.4 Å². The minimum Gasteiger partial charge on any atom is -0.152 e. The summed E-state index contributed by atoms with van der Waals surface area (Å²) >= 11 is 0.339. The Bertz CT molecular complexity index is 109. The van der Waals surface area contributed by atoms with E-state index in [4.69, 9.17) is 0 Å². The second-order valence-corrected chi connectivity index (χ2v) is 11.1. The molecular weight excluding hydrogens is 220 g/mol. The van der Waals surface area contributed by atoms with Crippen LogP contribution in [-0.2, 0) is 0 Å². The number of hydrogen-bond acceptors (Lipinski definition) is 0. The molecule has 0 aromatic heterocycles. The summed E-state index contributed by atoms with van der Waals surface area (Å²) in [4.78, 5) is 0. The van der Waals surface area contributed by atoms with E-state index in [9.17, 15) is 0 Å². The Labute approximate surface area is 108 Å². The minimum atomic E-state index is -0.206. The lowest BCUT2D eigenvalue weighted by atomic mass is 10.0. The molecule has 0 nitrogen and oxygen atoms in total. The van der Waals surface area contributed by atoms with Crippen molar-refractivity contribution in [2.24, 2.45) is 5.92 Å². The standard InChI is InChI=1S/C8H17.C3H9Si.ClH.Mg/c1-4-6-7-8(3)5-2;1-4(2)3;;/h8H,3-7H2,1-2H3;4H,1H2,2-3H3;1H;. The molecule has 0 rings (SSSR count). The summed E-state index contributed by atoms with van der Waals surface area (Å²) in [6, 6.07) is 0. The molecular formula is C11H27ClMgSi. The molecule has 0 saturated heterocycles. The number of hydrogen-bond donors (Lipinski definition) is 0. The van der Waals surface area contributed by atoms with Crippen molar-refractivity contribution in [3.63, 3.8) is 0 Å². The van der Waals surface area contributed by atoms with Gasteiger partial charge in [-0.3, -0.25) is 0 Å². The zero-order chi connectivity index (χ0) is 10.1. The van der Waals surface area contributed by atoms with E-state index in [-0.39, 0.29) is 21.2 Å². The van der Waals surface area contributed by atoms with Crippen LogP contribution in [0.2, 0.25) is 21.8 Å². The van der Waals surface area contributed by atoms with Crippen LogP contribution in [0, 0.1) is 5.92 Å². The van der Waals surface area contributed by atoms with E-state index < -0.39 is 0 Å². The van der Waals surface area contributed by atoms with Crippen LogP contribution in [0.1, 0.15) is 39.5 Å². The summed E-state index contributed by atoms with van der Waals surface area (Å²) in [6.45, 7) is 9.69. The van der Waals surface area contributed by atoms with Crippen LogP contribution in [0.5, 0.6) is 0 Å². The lowest BCUT2D eigenvalue weighted by molar-refractivity contribution is 0.490. The van der Waals surface area contributed by atoms with Crippen molar-refractivity contribution in [2.45, 2.75) is 61.3 Å². The summed E-state index contributed by atoms with van der Waals surface area (Å²) in [5.41, 5.74) is 0. The first-order chi connectivity index (χ1) is 6.20. The Morgan fingerprint density at radius 2 is 1.86 bits per heavy atom. The summed E-state index contributed by atoms with van der Waals surface area (Å²) in [7, 11) is -0.206. The lowest BCUT2D eigenvalue weighted by Crippen LogP contribution is -2.09. The zero-order valence-electron chi connectivity index (χ0n) is 10.5. The van der Waals surface area contributed by atoms with Crippen molar-refractivity contribution >= 4 is 41.6 Å². The van der Waals surface area contributed by atoms with Gasteiger partial charge in [0.25, 0.3) is 0 Å². The SMILES string of the molecule is CCCCC(CC)[CH2][Mg][CH2][SiH](C)C.Cl. The summed E-state index contributed by atoms with van der Waals surface area (Å²) in [5, 5.41) is 0. The molecule has 0 heterocycles. The highest BCUT2D eigenvalue weighted by Crippen LogP contribution is 2.17. The predicted octanol–water partition coefficient (Wildman–Crippen LogP) is 4.19. The lowest BCUT2D eigenvalue weighted by Gasteiger charge is -2.13. The molecule has 0 spiro atoms. The van der Waals surface area contributed by atoms with E-state index in [1.54, 1.807) is 8.72 Å². The van der Waals surface area contributed by atoms with Crippen LogP contribution in [0.25, 0.3) is 0 Å². The van der Waals surface area contributed by atoms with Crippen LogP contribution in [0.4, 0.5) is 0 Å². The molecule has 0 bridgehead atoms. The van der Waals surface area contributed by atoms with Crippen molar-refractivity contribution in [1.29, 1.82) is 0 Å².